The average molecular weight is 340 g/mol. The monoisotopic (exact) mass is 340 g/mol. The van der Waals surface area contributed by atoms with Gasteiger partial charge in [-0.05, 0) is 0 Å². The summed E-state index contributed by atoms with van der Waals surface area (Å²) in [5, 5.41) is -6.46. The van der Waals surface area contributed by atoms with Crippen molar-refractivity contribution in [2.75, 3.05) is 0 Å². The smallest absolute Gasteiger partial charge is 0.198 e. The molecule has 0 aromatic heterocycles. The van der Waals surface area contributed by atoms with Crippen LogP contribution in [-0.2, 0) is 0 Å². The lowest BCUT2D eigenvalue weighted by Crippen LogP contribution is -2.05. The molecule has 0 saturated carbocycles. The number of fused-ring (bicyclic) bond motifs is 3. The first-order chi connectivity index (χ1) is 10.7. The SMILES string of the molecule is Fc1cc(F)c2c(c1F)c(F)c(F)c1c(F)c(F)c(F)c(F)c12. The van der Waals surface area contributed by atoms with E-state index in [4.69, 9.17) is 0 Å². The molecule has 0 atom stereocenters. The van der Waals surface area contributed by atoms with Crippen molar-refractivity contribution in [3.63, 3.8) is 0 Å². The van der Waals surface area contributed by atoms with Crippen molar-refractivity contribution in [1.29, 1.82) is 0 Å². The lowest BCUT2D eigenvalue weighted by Gasteiger charge is -2.12. The second-order valence-corrected chi connectivity index (χ2v) is 4.54. The van der Waals surface area contributed by atoms with Crippen molar-refractivity contribution in [3.8, 4) is 0 Å². The number of hydrogen-bond donors (Lipinski definition) is 0. The van der Waals surface area contributed by atoms with Crippen LogP contribution in [0.4, 0.5) is 39.5 Å². The topological polar surface area (TPSA) is 0 Å². The summed E-state index contributed by atoms with van der Waals surface area (Å²) in [4.78, 5) is 0. The summed E-state index contributed by atoms with van der Waals surface area (Å²) >= 11 is 0. The van der Waals surface area contributed by atoms with Gasteiger partial charge in [0.25, 0.3) is 0 Å². The van der Waals surface area contributed by atoms with Gasteiger partial charge < -0.3 is 0 Å². The van der Waals surface area contributed by atoms with Gasteiger partial charge in [-0.3, -0.25) is 0 Å². The third-order valence-corrected chi connectivity index (χ3v) is 3.32. The Bertz CT molecular complexity index is 1010. The molecule has 3 aromatic carbocycles. The van der Waals surface area contributed by atoms with Gasteiger partial charge in [-0.2, -0.15) is 0 Å². The standard InChI is InChI=1S/C14HF9/c15-2-1-3(16)8(17)6-4(2)5-7(11(20)10(6)19)12(21)14(23)13(22)9(5)18/h1H. The quantitative estimate of drug-likeness (QED) is 0.227. The van der Waals surface area contributed by atoms with Crippen LogP contribution in [0.1, 0.15) is 0 Å². The van der Waals surface area contributed by atoms with Crippen molar-refractivity contribution < 1.29 is 39.5 Å². The summed E-state index contributed by atoms with van der Waals surface area (Å²) in [5.74, 6) is -19.9. The first-order valence-electron chi connectivity index (χ1n) is 5.78. The van der Waals surface area contributed by atoms with Crippen LogP contribution in [0.15, 0.2) is 6.07 Å². The maximum Gasteiger partial charge on any atom is 0.198 e. The van der Waals surface area contributed by atoms with Gasteiger partial charge in [0.15, 0.2) is 46.5 Å². The minimum Gasteiger partial charge on any atom is -0.206 e. The zero-order valence-electron chi connectivity index (χ0n) is 10.5. The highest BCUT2D eigenvalue weighted by atomic mass is 19.2. The summed E-state index contributed by atoms with van der Waals surface area (Å²) in [6, 6.07) is -0.146. The van der Waals surface area contributed by atoms with Gasteiger partial charge in [0, 0.05) is 16.8 Å². The molecule has 0 N–H and O–H groups in total. The van der Waals surface area contributed by atoms with Crippen LogP contribution in [0, 0.1) is 52.4 Å². The Morgan fingerprint density at radius 3 is 1.26 bits per heavy atom. The highest BCUT2D eigenvalue weighted by Crippen LogP contribution is 2.39. The molecule has 0 nitrogen and oxygen atoms in total. The molecule has 23 heavy (non-hydrogen) atoms. The number of hydrogen-bond acceptors (Lipinski definition) is 0. The molecule has 9 heteroatoms. The molecule has 0 unspecified atom stereocenters. The first kappa shape index (κ1) is 15.4. The Hall–Kier alpha value is -2.45. The maximum atomic E-state index is 13.8. The Balaban J connectivity index is 2.84. The van der Waals surface area contributed by atoms with Gasteiger partial charge in [-0.1, -0.05) is 0 Å². The highest BCUT2D eigenvalue weighted by Gasteiger charge is 2.30. The van der Waals surface area contributed by atoms with Gasteiger partial charge in [0.2, 0.25) is 0 Å². The lowest BCUT2D eigenvalue weighted by molar-refractivity contribution is 0.415. The summed E-state index contributed by atoms with van der Waals surface area (Å²) < 4.78 is 122. The minimum absolute atomic E-state index is 0.146. The van der Waals surface area contributed by atoms with Crippen LogP contribution in [0.5, 0.6) is 0 Å². The molecule has 0 heterocycles. The van der Waals surface area contributed by atoms with Crippen LogP contribution < -0.4 is 0 Å². The van der Waals surface area contributed by atoms with Crippen molar-refractivity contribution >= 4 is 21.5 Å². The van der Waals surface area contributed by atoms with E-state index in [9.17, 15) is 39.5 Å². The molecule has 0 spiro atoms. The Morgan fingerprint density at radius 1 is 0.348 bits per heavy atom. The van der Waals surface area contributed by atoms with E-state index in [0.717, 1.165) is 0 Å². The summed E-state index contributed by atoms with van der Waals surface area (Å²) in [5.41, 5.74) is 0. The fourth-order valence-corrected chi connectivity index (χ4v) is 2.34. The predicted octanol–water partition coefficient (Wildman–Crippen LogP) is 5.24. The van der Waals surface area contributed by atoms with Crippen LogP contribution in [0.3, 0.4) is 0 Å². The molecule has 0 fully saturated rings. The normalized spacial score (nSPS) is 11.7. The summed E-state index contributed by atoms with van der Waals surface area (Å²) in [6.45, 7) is 0. The molecule has 3 aromatic rings. The van der Waals surface area contributed by atoms with Crippen molar-refractivity contribution in [2.24, 2.45) is 0 Å². The van der Waals surface area contributed by atoms with E-state index >= 15 is 0 Å². The van der Waals surface area contributed by atoms with Crippen LogP contribution >= 0.6 is 0 Å². The second kappa shape index (κ2) is 4.77. The fraction of sp³-hybridized carbons (Fsp3) is 0. The Kier molecular flexibility index (Phi) is 3.20. The van der Waals surface area contributed by atoms with Crippen molar-refractivity contribution in [1.82, 2.24) is 0 Å². The van der Waals surface area contributed by atoms with Gasteiger partial charge in [0.05, 0.1) is 10.8 Å². The average Bonchev–Trinajstić information content (AvgIpc) is 2.50. The Morgan fingerprint density at radius 2 is 0.739 bits per heavy atom. The molecule has 0 amide bonds. The van der Waals surface area contributed by atoms with Crippen molar-refractivity contribution in [2.45, 2.75) is 0 Å². The molecule has 0 radical (unpaired) electrons. The molecular formula is C14HF9. The molecule has 3 rings (SSSR count). The maximum absolute atomic E-state index is 13.8. The molecular weight excluding hydrogens is 339 g/mol. The zero-order chi connectivity index (χ0) is 17.2. The molecule has 120 valence electrons. The van der Waals surface area contributed by atoms with E-state index in [2.05, 4.69) is 0 Å². The second-order valence-electron chi connectivity index (χ2n) is 4.54. The predicted molar refractivity (Wildman–Crippen MR) is 61.1 cm³/mol. The van der Waals surface area contributed by atoms with E-state index in [1.165, 1.54) is 0 Å². The van der Waals surface area contributed by atoms with E-state index in [1.807, 2.05) is 0 Å². The van der Waals surface area contributed by atoms with Gasteiger partial charge in [-0.15, -0.1) is 0 Å². The van der Waals surface area contributed by atoms with E-state index in [0.29, 0.717) is 0 Å². The molecule has 0 bridgehead atoms. The van der Waals surface area contributed by atoms with Gasteiger partial charge in [-0.25, -0.2) is 39.5 Å². The summed E-state index contributed by atoms with van der Waals surface area (Å²) in [6.07, 6.45) is 0. The molecule has 0 aliphatic carbocycles. The third-order valence-electron chi connectivity index (χ3n) is 3.32. The van der Waals surface area contributed by atoms with Crippen molar-refractivity contribution in [3.05, 3.63) is 58.4 Å². The number of benzene rings is 3. The van der Waals surface area contributed by atoms with Crippen LogP contribution in [0.25, 0.3) is 21.5 Å². The fourth-order valence-electron chi connectivity index (χ4n) is 2.34. The lowest BCUT2D eigenvalue weighted by atomic mass is 9.98. The van der Waals surface area contributed by atoms with Crippen LogP contribution in [-0.4, -0.2) is 0 Å². The third kappa shape index (κ3) is 1.82. The minimum atomic E-state index is -2.46. The molecule has 0 aliphatic heterocycles. The van der Waals surface area contributed by atoms with Gasteiger partial charge >= 0.3 is 0 Å². The van der Waals surface area contributed by atoms with E-state index in [1.54, 1.807) is 0 Å². The molecule has 0 aliphatic rings. The van der Waals surface area contributed by atoms with E-state index in [-0.39, 0.29) is 6.07 Å². The largest absolute Gasteiger partial charge is 0.206 e. The highest BCUT2D eigenvalue weighted by molar-refractivity contribution is 6.09. The number of halogens is 9. The molecule has 0 saturated heterocycles. The summed E-state index contributed by atoms with van der Waals surface area (Å²) in [7, 11) is 0. The van der Waals surface area contributed by atoms with Crippen LogP contribution in [0.2, 0.25) is 0 Å². The Labute approximate surface area is 120 Å². The van der Waals surface area contributed by atoms with Gasteiger partial charge in [0.1, 0.15) is 5.82 Å². The zero-order valence-corrected chi connectivity index (χ0v) is 10.5. The van der Waals surface area contributed by atoms with E-state index < -0.39 is 73.9 Å². The first-order valence-corrected chi connectivity index (χ1v) is 5.78. The number of rotatable bonds is 0.